The van der Waals surface area contributed by atoms with Crippen molar-refractivity contribution >= 4 is 50.2 Å². The van der Waals surface area contributed by atoms with Gasteiger partial charge in [-0.15, -0.1) is 24.0 Å². The molecule has 0 aromatic carbocycles. The Hall–Kier alpha value is 2.65. The van der Waals surface area contributed by atoms with E-state index in [0.29, 0.717) is 0 Å². The van der Waals surface area contributed by atoms with Crippen LogP contribution in [0.4, 0.5) is 0 Å². The molecule has 0 fully saturated rings. The van der Waals surface area contributed by atoms with Crippen molar-refractivity contribution in [2.24, 2.45) is 0 Å². The zero-order valence-electron chi connectivity index (χ0n) is 2.38. The monoisotopic (exact) mass is 460 g/mol. The fourth-order valence-electron chi connectivity index (χ4n) is 0. The fourth-order valence-corrected chi connectivity index (χ4v) is 0. The first-order chi connectivity index (χ1) is 1.00. The van der Waals surface area contributed by atoms with E-state index in [0.717, 1.165) is 20.4 Å². The van der Waals surface area contributed by atoms with Gasteiger partial charge in [-0.05, 0) is 0 Å². The summed E-state index contributed by atoms with van der Waals surface area (Å²) >= 11 is 0.750. The van der Waals surface area contributed by atoms with Crippen LogP contribution in [-0.4, -0.2) is 26.2 Å². The van der Waals surface area contributed by atoms with Crippen molar-refractivity contribution in [1.82, 2.24) is 0 Å². The maximum atomic E-state index is 8.25. The molecule has 0 aliphatic carbocycles. The minimum atomic E-state index is 0. The third-order valence-electron chi connectivity index (χ3n) is 0. The first kappa shape index (κ1) is 25.4. The molecule has 5 heteroatoms. The molecular weight excluding hydrogens is 456 g/mol. The molecule has 0 atom stereocenters. The Balaban J connectivity index is -0.00000000167. The van der Waals surface area contributed by atoms with Gasteiger partial charge < -0.3 is 0 Å². The molecule has 0 rings (SSSR count). The molecule has 34 valence electrons. The van der Waals surface area contributed by atoms with Gasteiger partial charge in [0.1, 0.15) is 0 Å². The summed E-state index contributed by atoms with van der Waals surface area (Å²) in [5, 5.41) is 0. The van der Waals surface area contributed by atoms with Crippen molar-refractivity contribution < 1.29 is 40.8 Å². The predicted octanol–water partition coefficient (Wildman–Crippen LogP) is -0.690. The van der Waals surface area contributed by atoms with Crippen LogP contribution in [0.25, 0.3) is 0 Å². The Bertz CT molecular complexity index is 11.6. The summed E-state index contributed by atoms with van der Waals surface area (Å²) in [5.74, 6) is 0. The minimum absolute atomic E-state index is 0. The van der Waals surface area contributed by atoms with Gasteiger partial charge >= 0.3 is 49.9 Å². The molecular formula is H4BiFeIOTi. The van der Waals surface area contributed by atoms with Gasteiger partial charge in [0.05, 0.1) is 0 Å². The normalized spacial score (nSPS) is 0.600. The molecule has 0 heterocycles. The predicted molar refractivity (Wildman–Crippen MR) is 26.0 cm³/mol. The third kappa shape index (κ3) is 20.5. The van der Waals surface area contributed by atoms with Gasteiger partial charge in [0.25, 0.3) is 0 Å². The van der Waals surface area contributed by atoms with Gasteiger partial charge in [0.2, 0.25) is 0 Å². The van der Waals surface area contributed by atoms with Gasteiger partial charge in [-0.25, -0.2) is 0 Å². The summed E-state index contributed by atoms with van der Waals surface area (Å²) in [5.41, 5.74) is 0. The van der Waals surface area contributed by atoms with Crippen molar-refractivity contribution in [1.29, 1.82) is 0 Å². The van der Waals surface area contributed by atoms with Gasteiger partial charge in [0.15, 0.2) is 0 Å². The van der Waals surface area contributed by atoms with Gasteiger partial charge in [-0.3, -0.25) is 0 Å². The molecule has 0 N–H and O–H groups in total. The number of halogens is 1. The second-order valence-electron chi connectivity index (χ2n) is 0. The van der Waals surface area contributed by atoms with Crippen LogP contribution in [0.1, 0.15) is 0 Å². The molecule has 0 aromatic rings. The quantitative estimate of drug-likeness (QED) is 0.346. The van der Waals surface area contributed by atoms with E-state index in [2.05, 4.69) is 0 Å². The van der Waals surface area contributed by atoms with Crippen LogP contribution >= 0.6 is 24.0 Å². The molecule has 0 unspecified atom stereocenters. The Kier molecular flexibility index (Phi) is 154. The van der Waals surface area contributed by atoms with Crippen LogP contribution in [0.3, 0.4) is 0 Å². The summed E-state index contributed by atoms with van der Waals surface area (Å²) in [6.45, 7) is 0. The first-order valence-electron chi connectivity index (χ1n) is 0.204. The van der Waals surface area contributed by atoms with Crippen molar-refractivity contribution in [3.05, 3.63) is 0 Å². The molecule has 0 amide bonds. The Morgan fingerprint density at radius 3 is 1.20 bits per heavy atom. The molecule has 0 aliphatic heterocycles. The third-order valence-corrected chi connectivity index (χ3v) is 0. The van der Waals surface area contributed by atoms with Crippen LogP contribution in [0.2, 0.25) is 0 Å². The topological polar surface area (TPSA) is 17.1 Å². The molecule has 0 bridgehead atoms. The van der Waals surface area contributed by atoms with Crippen LogP contribution in [0.5, 0.6) is 0 Å². The van der Waals surface area contributed by atoms with Gasteiger partial charge in [0, 0.05) is 17.1 Å². The second-order valence-corrected chi connectivity index (χ2v) is 0. The number of rotatable bonds is 0. The number of hydrogen-bond donors (Lipinski definition) is 0. The SMILES string of the molecule is I.[BiH3].[Fe].[O]=[Ti]. The van der Waals surface area contributed by atoms with Gasteiger partial charge in [-0.1, -0.05) is 0 Å². The summed E-state index contributed by atoms with van der Waals surface area (Å²) in [6, 6.07) is 0. The van der Waals surface area contributed by atoms with Crippen molar-refractivity contribution in [3.8, 4) is 0 Å². The Labute approximate surface area is 89.4 Å². The molecule has 0 aliphatic rings. The summed E-state index contributed by atoms with van der Waals surface area (Å²) < 4.78 is 8.25. The van der Waals surface area contributed by atoms with Gasteiger partial charge in [-0.2, -0.15) is 0 Å². The molecule has 0 aromatic heterocycles. The molecule has 0 saturated heterocycles. The fraction of sp³-hybridized carbons (Fsp3) is 0. The maximum absolute atomic E-state index is 8.25. The van der Waals surface area contributed by atoms with Crippen LogP contribution in [0.15, 0.2) is 0 Å². The van der Waals surface area contributed by atoms with Crippen molar-refractivity contribution in [2.45, 2.75) is 0 Å². The Morgan fingerprint density at radius 2 is 1.20 bits per heavy atom. The van der Waals surface area contributed by atoms with E-state index in [9.17, 15) is 0 Å². The molecule has 0 saturated carbocycles. The number of hydrogen-bond acceptors (Lipinski definition) is 1. The van der Waals surface area contributed by atoms with Crippen LogP contribution in [0, 0.1) is 0 Å². The van der Waals surface area contributed by atoms with Crippen molar-refractivity contribution in [2.75, 3.05) is 0 Å². The van der Waals surface area contributed by atoms with E-state index in [-0.39, 0.29) is 67.2 Å². The average Bonchev–Trinajstić information content (AvgIpc) is 1.00. The summed E-state index contributed by atoms with van der Waals surface area (Å²) in [4.78, 5) is 0. The van der Waals surface area contributed by atoms with E-state index in [4.69, 9.17) is 3.32 Å². The van der Waals surface area contributed by atoms with E-state index in [1.807, 2.05) is 0 Å². The van der Waals surface area contributed by atoms with E-state index >= 15 is 0 Å². The zero-order chi connectivity index (χ0) is 2.00. The summed E-state index contributed by atoms with van der Waals surface area (Å²) in [6.07, 6.45) is 0. The van der Waals surface area contributed by atoms with E-state index in [1.165, 1.54) is 0 Å². The standard InChI is InChI=1S/Bi.Fe.HI.O.Ti.3H/h;;1H;;;;;. The van der Waals surface area contributed by atoms with Crippen LogP contribution in [-0.2, 0) is 40.8 Å². The molecule has 0 spiro atoms. The summed E-state index contributed by atoms with van der Waals surface area (Å²) in [7, 11) is 0. The molecule has 0 radical (unpaired) electrons. The average molecular weight is 460 g/mol. The van der Waals surface area contributed by atoms with Crippen LogP contribution < -0.4 is 0 Å². The second kappa shape index (κ2) is 30.3. The Morgan fingerprint density at radius 1 is 1.20 bits per heavy atom. The molecule has 1 nitrogen and oxygen atoms in total. The first-order valence-corrected chi connectivity index (χ1v) is 0.842. The van der Waals surface area contributed by atoms with E-state index < -0.39 is 0 Å². The molecule has 5 heavy (non-hydrogen) atoms. The zero-order valence-corrected chi connectivity index (χ0v) is 12.9. The van der Waals surface area contributed by atoms with Crippen molar-refractivity contribution in [3.63, 3.8) is 0 Å². The van der Waals surface area contributed by atoms with E-state index in [1.54, 1.807) is 0 Å².